The van der Waals surface area contributed by atoms with Gasteiger partial charge in [-0.25, -0.2) is 13.4 Å². The standard InChI is InChI=1S/C20H22N4O4S/c1-23(28-2)29(26,27)15-11-9-14(10-12-15)20(25)24-13-5-8-18(24)19-21-16-6-3-4-7-17(16)22-19/h3-4,6-7,9-12,18H,5,8,13H2,1-2H3,(H,21,22)/t18-/m0/s1. The maximum atomic E-state index is 13.1. The lowest BCUT2D eigenvalue weighted by Gasteiger charge is -2.23. The molecule has 1 fully saturated rings. The Balaban J connectivity index is 1.58. The summed E-state index contributed by atoms with van der Waals surface area (Å²) in [6.45, 7) is 0.632. The molecule has 1 aromatic heterocycles. The van der Waals surface area contributed by atoms with E-state index < -0.39 is 10.0 Å². The summed E-state index contributed by atoms with van der Waals surface area (Å²) >= 11 is 0. The number of nitrogens with zero attached hydrogens (tertiary/aromatic N) is 3. The summed E-state index contributed by atoms with van der Waals surface area (Å²) < 4.78 is 25.4. The van der Waals surface area contributed by atoms with Crippen LogP contribution in [0.3, 0.4) is 0 Å². The molecule has 3 aromatic rings. The van der Waals surface area contributed by atoms with E-state index in [1.165, 1.54) is 38.4 Å². The number of para-hydroxylation sites is 2. The topological polar surface area (TPSA) is 95.6 Å². The lowest BCUT2D eigenvalue weighted by atomic mass is 10.1. The first-order chi connectivity index (χ1) is 13.9. The molecule has 1 atom stereocenters. The van der Waals surface area contributed by atoms with Crippen molar-refractivity contribution in [3.8, 4) is 0 Å². The number of carbonyl (C=O) groups is 1. The second-order valence-electron chi connectivity index (χ2n) is 6.92. The number of aromatic amines is 1. The summed E-state index contributed by atoms with van der Waals surface area (Å²) in [5.74, 6) is 0.634. The van der Waals surface area contributed by atoms with Crippen LogP contribution < -0.4 is 0 Å². The number of fused-ring (bicyclic) bond motifs is 1. The SMILES string of the molecule is CON(C)S(=O)(=O)c1ccc(C(=O)N2CCC[C@H]2c2nc3ccccc3[nH]2)cc1. The number of nitrogens with one attached hydrogen (secondary N) is 1. The van der Waals surface area contributed by atoms with Gasteiger partial charge in [0.1, 0.15) is 5.82 Å². The van der Waals surface area contributed by atoms with E-state index in [1.54, 1.807) is 4.90 Å². The van der Waals surface area contributed by atoms with Gasteiger partial charge in [-0.3, -0.25) is 9.63 Å². The van der Waals surface area contributed by atoms with Crippen molar-refractivity contribution in [3.63, 3.8) is 0 Å². The van der Waals surface area contributed by atoms with Gasteiger partial charge in [0.05, 0.1) is 29.1 Å². The van der Waals surface area contributed by atoms with Gasteiger partial charge >= 0.3 is 0 Å². The number of H-pyrrole nitrogens is 1. The molecule has 9 heteroatoms. The van der Waals surface area contributed by atoms with Crippen LogP contribution in [0.5, 0.6) is 0 Å². The van der Waals surface area contributed by atoms with E-state index in [0.29, 0.717) is 12.1 Å². The van der Waals surface area contributed by atoms with E-state index >= 15 is 0 Å². The molecular formula is C20H22N4O4S. The van der Waals surface area contributed by atoms with E-state index in [1.807, 2.05) is 24.3 Å². The van der Waals surface area contributed by atoms with Gasteiger partial charge in [-0.05, 0) is 49.2 Å². The highest BCUT2D eigenvalue weighted by Gasteiger charge is 2.33. The Kier molecular flexibility index (Phi) is 5.12. The van der Waals surface area contributed by atoms with Crippen LogP contribution >= 0.6 is 0 Å². The van der Waals surface area contributed by atoms with E-state index in [4.69, 9.17) is 4.84 Å². The fourth-order valence-corrected chi connectivity index (χ4v) is 4.58. The number of aromatic nitrogens is 2. The normalized spacial score (nSPS) is 17.3. The van der Waals surface area contributed by atoms with Crippen LogP contribution in [-0.4, -0.2) is 54.4 Å². The minimum Gasteiger partial charge on any atom is -0.340 e. The lowest BCUT2D eigenvalue weighted by molar-refractivity contribution is -0.0258. The highest BCUT2D eigenvalue weighted by Crippen LogP contribution is 2.32. The Labute approximate surface area is 169 Å². The first kappa shape index (κ1) is 19.6. The van der Waals surface area contributed by atoms with Gasteiger partial charge in [-0.1, -0.05) is 16.6 Å². The molecule has 1 amide bonds. The Hall–Kier alpha value is -2.75. The second kappa shape index (κ2) is 7.58. The minimum atomic E-state index is -3.75. The molecule has 2 aromatic carbocycles. The highest BCUT2D eigenvalue weighted by atomic mass is 32.2. The minimum absolute atomic E-state index is 0.0636. The average Bonchev–Trinajstić information content (AvgIpc) is 3.39. The number of carbonyl (C=O) groups excluding carboxylic acids is 1. The first-order valence-corrected chi connectivity index (χ1v) is 10.7. The fraction of sp³-hybridized carbons (Fsp3) is 0.300. The van der Waals surface area contributed by atoms with Crippen molar-refractivity contribution >= 4 is 27.0 Å². The molecule has 1 aliphatic heterocycles. The Morgan fingerprint density at radius 1 is 1.21 bits per heavy atom. The third kappa shape index (κ3) is 3.52. The van der Waals surface area contributed by atoms with Gasteiger partial charge in [0.25, 0.3) is 15.9 Å². The van der Waals surface area contributed by atoms with Crippen molar-refractivity contribution in [1.29, 1.82) is 0 Å². The molecule has 0 bridgehead atoms. The number of hydrogen-bond donors (Lipinski definition) is 1. The Morgan fingerprint density at radius 2 is 1.93 bits per heavy atom. The van der Waals surface area contributed by atoms with Crippen LogP contribution in [0.25, 0.3) is 11.0 Å². The van der Waals surface area contributed by atoms with Crippen LogP contribution in [0, 0.1) is 0 Å². The monoisotopic (exact) mass is 414 g/mol. The van der Waals surface area contributed by atoms with Crippen molar-refractivity contribution in [1.82, 2.24) is 19.3 Å². The van der Waals surface area contributed by atoms with Crippen LogP contribution in [0.2, 0.25) is 0 Å². The van der Waals surface area contributed by atoms with Crippen LogP contribution in [0.4, 0.5) is 0 Å². The Morgan fingerprint density at radius 3 is 2.62 bits per heavy atom. The van der Waals surface area contributed by atoms with Crippen molar-refractivity contribution in [3.05, 3.63) is 59.9 Å². The number of imidazole rings is 1. The zero-order chi connectivity index (χ0) is 20.6. The maximum Gasteiger partial charge on any atom is 0.264 e. The predicted octanol–water partition coefficient (Wildman–Crippen LogP) is 2.72. The van der Waals surface area contributed by atoms with E-state index in [9.17, 15) is 13.2 Å². The van der Waals surface area contributed by atoms with E-state index in [0.717, 1.165) is 34.2 Å². The third-order valence-corrected chi connectivity index (χ3v) is 6.93. The quantitative estimate of drug-likeness (QED) is 0.648. The molecule has 8 nitrogen and oxygen atoms in total. The van der Waals surface area contributed by atoms with Gasteiger partial charge in [0, 0.05) is 19.2 Å². The molecule has 0 spiro atoms. The zero-order valence-corrected chi connectivity index (χ0v) is 17.0. The molecule has 1 saturated heterocycles. The first-order valence-electron chi connectivity index (χ1n) is 9.30. The van der Waals surface area contributed by atoms with Crippen molar-refractivity contribution in [2.24, 2.45) is 0 Å². The van der Waals surface area contributed by atoms with E-state index in [-0.39, 0.29) is 16.8 Å². The van der Waals surface area contributed by atoms with Crippen molar-refractivity contribution in [2.45, 2.75) is 23.8 Å². The van der Waals surface area contributed by atoms with E-state index in [2.05, 4.69) is 9.97 Å². The summed E-state index contributed by atoms with van der Waals surface area (Å²) in [7, 11) is -1.15. The molecule has 152 valence electrons. The molecule has 2 heterocycles. The largest absolute Gasteiger partial charge is 0.340 e. The zero-order valence-electron chi connectivity index (χ0n) is 16.2. The Bertz CT molecular complexity index is 1110. The molecule has 0 aliphatic carbocycles. The van der Waals surface area contributed by atoms with Gasteiger partial charge in [0.15, 0.2) is 0 Å². The number of sulfonamides is 1. The summed E-state index contributed by atoms with van der Waals surface area (Å²) in [5.41, 5.74) is 2.25. The molecule has 0 radical (unpaired) electrons. The van der Waals surface area contributed by atoms with Crippen molar-refractivity contribution < 1.29 is 18.0 Å². The number of hydrogen-bond acceptors (Lipinski definition) is 5. The summed E-state index contributed by atoms with van der Waals surface area (Å²) in [6, 6.07) is 13.6. The molecule has 29 heavy (non-hydrogen) atoms. The number of likely N-dealkylation sites (tertiary alicyclic amines) is 1. The van der Waals surface area contributed by atoms with Crippen LogP contribution in [0.1, 0.15) is 35.1 Å². The molecule has 1 N–H and O–H groups in total. The lowest BCUT2D eigenvalue weighted by Crippen LogP contribution is -2.31. The smallest absolute Gasteiger partial charge is 0.264 e. The molecule has 0 saturated carbocycles. The summed E-state index contributed by atoms with van der Waals surface area (Å²) in [5, 5.41) is 0. The van der Waals surface area contributed by atoms with Crippen molar-refractivity contribution in [2.75, 3.05) is 20.7 Å². The van der Waals surface area contributed by atoms with Crippen LogP contribution in [-0.2, 0) is 14.9 Å². The number of amides is 1. The number of hydroxylamine groups is 1. The average molecular weight is 414 g/mol. The molecular weight excluding hydrogens is 392 g/mol. The number of rotatable bonds is 5. The fourth-order valence-electron chi connectivity index (χ4n) is 3.61. The summed E-state index contributed by atoms with van der Waals surface area (Å²) in [4.78, 5) is 27.7. The summed E-state index contributed by atoms with van der Waals surface area (Å²) in [6.07, 6.45) is 1.72. The molecule has 1 aliphatic rings. The van der Waals surface area contributed by atoms with Gasteiger partial charge < -0.3 is 9.88 Å². The second-order valence-corrected chi connectivity index (χ2v) is 8.85. The molecule has 0 unspecified atom stereocenters. The van der Waals surface area contributed by atoms with Crippen LogP contribution in [0.15, 0.2) is 53.4 Å². The molecule has 4 rings (SSSR count). The third-order valence-electron chi connectivity index (χ3n) is 5.23. The predicted molar refractivity (Wildman–Crippen MR) is 108 cm³/mol. The number of benzene rings is 2. The highest BCUT2D eigenvalue weighted by molar-refractivity contribution is 7.89. The van der Waals surface area contributed by atoms with Gasteiger partial charge in [0.2, 0.25) is 0 Å². The van der Waals surface area contributed by atoms with Gasteiger partial charge in [-0.15, -0.1) is 0 Å². The maximum absolute atomic E-state index is 13.1. The van der Waals surface area contributed by atoms with Gasteiger partial charge in [-0.2, -0.15) is 0 Å².